The van der Waals surface area contributed by atoms with E-state index >= 15 is 0 Å². The average molecular weight is 675 g/mol. The van der Waals surface area contributed by atoms with E-state index in [1.54, 1.807) is 40.0 Å². The molecule has 0 saturated carbocycles. The molecule has 0 aliphatic carbocycles. The Morgan fingerprint density at radius 3 is 2.43 bits per heavy atom. The summed E-state index contributed by atoms with van der Waals surface area (Å²) in [7, 11) is 6.84. The Hall–Kier alpha value is -5.17. The molecule has 0 radical (unpaired) electrons. The summed E-state index contributed by atoms with van der Waals surface area (Å²) in [6.45, 7) is 5.45. The van der Waals surface area contributed by atoms with Crippen LogP contribution in [0.25, 0.3) is 22.2 Å². The van der Waals surface area contributed by atoms with E-state index in [9.17, 15) is 19.2 Å². The van der Waals surface area contributed by atoms with Crippen LogP contribution in [0.15, 0.2) is 66.7 Å². The zero-order chi connectivity index (χ0) is 35.9. The van der Waals surface area contributed by atoms with Crippen molar-refractivity contribution in [3.8, 4) is 22.8 Å². The number of nitrogens with one attached hydrogen (secondary N) is 1. The summed E-state index contributed by atoms with van der Waals surface area (Å²) in [5.74, 6) is -0.557. The number of hydrogen-bond acceptors (Lipinski definition) is 9. The first kappa shape index (κ1) is 36.7. The molecule has 1 aliphatic heterocycles. The smallest absolute Gasteiger partial charge is 0.408 e. The highest BCUT2D eigenvalue weighted by Gasteiger charge is 2.43. The van der Waals surface area contributed by atoms with Gasteiger partial charge in [-0.15, -0.1) is 0 Å². The molecule has 262 valence electrons. The fraction of sp³-hybridized carbons (Fsp3) is 0.417. The number of aromatic nitrogens is 1. The first-order chi connectivity index (χ1) is 23.1. The minimum absolute atomic E-state index is 0.0000220. The topological polar surface area (TPSA) is 157 Å². The van der Waals surface area contributed by atoms with Gasteiger partial charge in [0.2, 0.25) is 17.7 Å². The second-order valence-electron chi connectivity index (χ2n) is 13.2. The van der Waals surface area contributed by atoms with Crippen LogP contribution in [-0.4, -0.2) is 115 Å². The Balaban J connectivity index is 1.62. The molecule has 0 unspecified atom stereocenters. The Morgan fingerprint density at radius 1 is 1.08 bits per heavy atom. The SMILES string of the molecule is COc1ccc2c(O[C@@H]3C[C@@H](C(N)=O)N(C(=O)[C@H](CN(C)C(=O)/C=C/CN(C)C)NC(=O)OC(C)(C)C)C3)cc(-c3ccccc3)nc2c1. The van der Waals surface area contributed by atoms with Gasteiger partial charge in [0, 0.05) is 49.2 Å². The highest BCUT2D eigenvalue weighted by atomic mass is 16.6. The number of carbonyl (C=O) groups excluding carboxylic acids is 4. The van der Waals surface area contributed by atoms with Crippen LogP contribution < -0.4 is 20.5 Å². The molecule has 0 bridgehead atoms. The molecule has 3 N–H and O–H groups in total. The van der Waals surface area contributed by atoms with E-state index in [0.29, 0.717) is 34.6 Å². The van der Waals surface area contributed by atoms with Crippen LogP contribution in [-0.2, 0) is 19.1 Å². The molecule has 3 aromatic rings. The van der Waals surface area contributed by atoms with Crippen LogP contribution in [0.5, 0.6) is 11.5 Å². The molecule has 4 rings (SSSR count). The van der Waals surface area contributed by atoms with Crippen LogP contribution in [0.1, 0.15) is 27.2 Å². The molecular weight excluding hydrogens is 628 g/mol. The van der Waals surface area contributed by atoms with Gasteiger partial charge in [0.05, 0.1) is 31.4 Å². The fourth-order valence-corrected chi connectivity index (χ4v) is 5.42. The fourth-order valence-electron chi connectivity index (χ4n) is 5.42. The van der Waals surface area contributed by atoms with Gasteiger partial charge in [0.1, 0.15) is 35.3 Å². The van der Waals surface area contributed by atoms with Crippen LogP contribution in [0.3, 0.4) is 0 Å². The lowest BCUT2D eigenvalue weighted by Gasteiger charge is -2.30. The normalized spacial score (nSPS) is 16.9. The highest BCUT2D eigenvalue weighted by Crippen LogP contribution is 2.34. The van der Waals surface area contributed by atoms with Gasteiger partial charge in [0.15, 0.2) is 0 Å². The van der Waals surface area contributed by atoms with Gasteiger partial charge < -0.3 is 40.0 Å². The maximum Gasteiger partial charge on any atom is 0.408 e. The lowest BCUT2D eigenvalue weighted by Crippen LogP contribution is -2.57. The molecule has 13 nitrogen and oxygen atoms in total. The Bertz CT molecular complexity index is 1690. The number of nitrogens with two attached hydrogens (primary N) is 1. The summed E-state index contributed by atoms with van der Waals surface area (Å²) in [5, 5.41) is 3.32. The van der Waals surface area contributed by atoms with Crippen molar-refractivity contribution in [1.29, 1.82) is 0 Å². The van der Waals surface area contributed by atoms with Gasteiger partial charge in [-0.05, 0) is 47.0 Å². The van der Waals surface area contributed by atoms with Crippen LogP contribution >= 0.6 is 0 Å². The molecule has 1 aliphatic rings. The summed E-state index contributed by atoms with van der Waals surface area (Å²) < 4.78 is 17.4. The van der Waals surface area contributed by atoms with E-state index < -0.39 is 41.7 Å². The van der Waals surface area contributed by atoms with E-state index in [1.165, 1.54) is 22.9 Å². The number of likely N-dealkylation sites (N-methyl/N-ethyl adjacent to an activating group) is 2. The second-order valence-corrected chi connectivity index (χ2v) is 13.2. The summed E-state index contributed by atoms with van der Waals surface area (Å²) in [4.78, 5) is 62.0. The number of primary amides is 1. The minimum atomic E-state index is -1.24. The number of benzene rings is 2. The van der Waals surface area contributed by atoms with E-state index in [4.69, 9.17) is 24.9 Å². The molecule has 2 aromatic carbocycles. The summed E-state index contributed by atoms with van der Waals surface area (Å²) in [6.07, 6.45) is 1.74. The van der Waals surface area contributed by atoms with Crippen molar-refractivity contribution in [1.82, 2.24) is 25.0 Å². The molecule has 2 heterocycles. The number of fused-ring (bicyclic) bond motifs is 1. The number of pyridine rings is 1. The molecule has 1 aromatic heterocycles. The van der Waals surface area contributed by atoms with Crippen molar-refractivity contribution in [2.75, 3.05) is 47.9 Å². The van der Waals surface area contributed by atoms with Crippen LogP contribution in [0.2, 0.25) is 0 Å². The number of amides is 4. The third-order valence-corrected chi connectivity index (χ3v) is 7.77. The molecular formula is C36H46N6O7. The van der Waals surface area contributed by atoms with Crippen molar-refractivity contribution in [3.05, 3.63) is 66.7 Å². The van der Waals surface area contributed by atoms with Crippen LogP contribution in [0.4, 0.5) is 4.79 Å². The Morgan fingerprint density at radius 2 is 1.80 bits per heavy atom. The van der Waals surface area contributed by atoms with E-state index in [0.717, 1.165) is 5.56 Å². The number of alkyl carbamates (subject to hydrolysis) is 1. The Labute approximate surface area is 287 Å². The average Bonchev–Trinajstić information content (AvgIpc) is 3.47. The predicted octanol–water partition coefficient (Wildman–Crippen LogP) is 3.21. The zero-order valence-electron chi connectivity index (χ0n) is 29.1. The first-order valence-electron chi connectivity index (χ1n) is 16.0. The largest absolute Gasteiger partial charge is 0.497 e. The van der Waals surface area contributed by atoms with Crippen molar-refractivity contribution in [2.24, 2.45) is 5.73 Å². The summed E-state index contributed by atoms with van der Waals surface area (Å²) in [6, 6.07) is 14.6. The predicted molar refractivity (Wildman–Crippen MR) is 186 cm³/mol. The molecule has 0 spiro atoms. The minimum Gasteiger partial charge on any atom is -0.497 e. The lowest BCUT2D eigenvalue weighted by molar-refractivity contribution is -0.140. The number of nitrogens with zero attached hydrogens (tertiary/aromatic N) is 4. The van der Waals surface area contributed by atoms with Crippen LogP contribution in [0, 0.1) is 0 Å². The molecule has 3 atom stereocenters. The van der Waals surface area contributed by atoms with Gasteiger partial charge in [0.25, 0.3) is 0 Å². The van der Waals surface area contributed by atoms with Crippen molar-refractivity contribution >= 4 is 34.7 Å². The number of likely N-dealkylation sites (tertiary alicyclic amines) is 1. The molecule has 13 heteroatoms. The first-order valence-corrected chi connectivity index (χ1v) is 16.0. The maximum absolute atomic E-state index is 14.1. The molecule has 4 amide bonds. The molecule has 1 fully saturated rings. The zero-order valence-corrected chi connectivity index (χ0v) is 29.1. The van der Waals surface area contributed by atoms with Crippen molar-refractivity contribution in [3.63, 3.8) is 0 Å². The highest BCUT2D eigenvalue weighted by molar-refractivity contribution is 5.93. The quantitative estimate of drug-likeness (QED) is 0.276. The van der Waals surface area contributed by atoms with Gasteiger partial charge in [-0.1, -0.05) is 36.4 Å². The van der Waals surface area contributed by atoms with E-state index in [2.05, 4.69) is 5.32 Å². The summed E-state index contributed by atoms with van der Waals surface area (Å²) >= 11 is 0. The number of methoxy groups -OCH3 is 1. The second kappa shape index (κ2) is 15.8. The third kappa shape index (κ3) is 9.92. The number of rotatable bonds is 12. The van der Waals surface area contributed by atoms with Gasteiger partial charge >= 0.3 is 6.09 Å². The Kier molecular flexibility index (Phi) is 11.8. The number of carbonyl (C=O) groups is 4. The van der Waals surface area contributed by atoms with E-state index in [-0.39, 0.29) is 25.4 Å². The van der Waals surface area contributed by atoms with Gasteiger partial charge in [-0.25, -0.2) is 9.78 Å². The number of hydrogen-bond donors (Lipinski definition) is 2. The standard InChI is InChI=1S/C36H46N6O7/c1-36(2,3)49-35(46)39-29(22-41(6)32(43)14-11-17-40(4)5)34(45)42-21-25(19-30(42)33(37)44)48-31-20-27(23-12-9-8-10-13-23)38-28-18-24(47-7)15-16-26(28)31/h8-16,18,20,25,29-30H,17,19,21-22H2,1-7H3,(H2,37,44)(H,39,46)/b14-11+/t25-,29+,30+/m1/s1. The van der Waals surface area contributed by atoms with E-state index in [1.807, 2.05) is 67.5 Å². The molecule has 1 saturated heterocycles. The van der Waals surface area contributed by atoms with Gasteiger partial charge in [-0.3, -0.25) is 14.4 Å². The maximum atomic E-state index is 14.1. The van der Waals surface area contributed by atoms with Crippen molar-refractivity contribution < 1.29 is 33.4 Å². The monoisotopic (exact) mass is 674 g/mol. The van der Waals surface area contributed by atoms with Gasteiger partial charge in [-0.2, -0.15) is 0 Å². The number of ether oxygens (including phenoxy) is 3. The van der Waals surface area contributed by atoms with Crippen molar-refractivity contribution in [2.45, 2.75) is 51.0 Å². The summed E-state index contributed by atoms with van der Waals surface area (Å²) in [5.41, 5.74) is 7.16. The molecule has 49 heavy (non-hydrogen) atoms. The lowest BCUT2D eigenvalue weighted by atomic mass is 10.1. The third-order valence-electron chi connectivity index (χ3n) is 7.77.